The fourth-order valence-electron chi connectivity index (χ4n) is 2.95. The lowest BCUT2D eigenvalue weighted by Crippen LogP contribution is -1.96. The van der Waals surface area contributed by atoms with Crippen molar-refractivity contribution in [2.24, 2.45) is 0 Å². The summed E-state index contributed by atoms with van der Waals surface area (Å²) in [4.78, 5) is 0.505. The van der Waals surface area contributed by atoms with Crippen molar-refractivity contribution in [2.75, 3.05) is 5.73 Å². The van der Waals surface area contributed by atoms with Crippen molar-refractivity contribution in [1.29, 1.82) is 5.41 Å². The fraction of sp³-hybridized carbons (Fsp3) is 0.136. The first-order chi connectivity index (χ1) is 13.0. The van der Waals surface area contributed by atoms with Gasteiger partial charge in [0, 0.05) is 33.4 Å². The zero-order valence-corrected chi connectivity index (χ0v) is 17.3. The van der Waals surface area contributed by atoms with E-state index >= 15 is 0 Å². The van der Waals surface area contributed by atoms with Gasteiger partial charge in [-0.1, -0.05) is 58.4 Å². The molecular weight excluding hydrogens is 423 g/mol. The molecule has 0 saturated heterocycles. The molecule has 0 saturated carbocycles. The van der Waals surface area contributed by atoms with Crippen LogP contribution in [0.4, 0.5) is 10.1 Å². The highest BCUT2D eigenvalue weighted by molar-refractivity contribution is 9.08. The Morgan fingerprint density at radius 1 is 1.15 bits per heavy atom. The molecule has 0 fully saturated rings. The Labute approximate surface area is 171 Å². The van der Waals surface area contributed by atoms with Gasteiger partial charge in [-0.05, 0) is 46.9 Å². The first-order valence-electron chi connectivity index (χ1n) is 8.49. The summed E-state index contributed by atoms with van der Waals surface area (Å²) in [6, 6.07) is 17.6. The number of nitrogen functional groups attached to an aromatic ring is 1. The van der Waals surface area contributed by atoms with Crippen molar-refractivity contribution >= 4 is 39.6 Å². The van der Waals surface area contributed by atoms with Crippen molar-refractivity contribution in [2.45, 2.75) is 22.9 Å². The number of halogens is 2. The minimum atomic E-state index is -0.347. The van der Waals surface area contributed by atoms with Crippen LogP contribution >= 0.6 is 27.7 Å². The standard InChI is InChI=1S/C22H20BrFN2S/c1-14-17(11-23)6-3-7-19(14)16-5-2-4-15(8-16)13-27-22-9-18(12-25)21(26)10-20(22)24/h2-10,12,25H,11,13,26H2,1H3. The monoisotopic (exact) mass is 442 g/mol. The Morgan fingerprint density at radius 3 is 2.67 bits per heavy atom. The molecule has 5 heteroatoms. The predicted molar refractivity (Wildman–Crippen MR) is 118 cm³/mol. The normalized spacial score (nSPS) is 10.8. The van der Waals surface area contributed by atoms with Crippen molar-refractivity contribution in [3.8, 4) is 11.1 Å². The molecule has 3 rings (SSSR count). The van der Waals surface area contributed by atoms with Crippen molar-refractivity contribution in [3.05, 3.63) is 82.7 Å². The molecule has 0 bridgehead atoms. The van der Waals surface area contributed by atoms with Crippen LogP contribution in [0.3, 0.4) is 0 Å². The molecule has 3 N–H and O–H groups in total. The van der Waals surface area contributed by atoms with Gasteiger partial charge in [-0.2, -0.15) is 0 Å². The molecule has 3 aromatic carbocycles. The van der Waals surface area contributed by atoms with Gasteiger partial charge in [-0.3, -0.25) is 0 Å². The molecule has 0 aliphatic rings. The number of hydrogen-bond donors (Lipinski definition) is 2. The van der Waals surface area contributed by atoms with Crippen LogP contribution in [0.15, 0.2) is 59.5 Å². The summed E-state index contributed by atoms with van der Waals surface area (Å²) >= 11 is 4.95. The second kappa shape index (κ2) is 8.72. The van der Waals surface area contributed by atoms with E-state index in [0.717, 1.165) is 22.7 Å². The smallest absolute Gasteiger partial charge is 0.138 e. The van der Waals surface area contributed by atoms with Crippen LogP contribution in [-0.2, 0) is 11.1 Å². The topological polar surface area (TPSA) is 49.9 Å². The Bertz CT molecular complexity index is 988. The van der Waals surface area contributed by atoms with E-state index in [0.29, 0.717) is 16.2 Å². The van der Waals surface area contributed by atoms with Crippen LogP contribution < -0.4 is 5.73 Å². The van der Waals surface area contributed by atoms with E-state index in [-0.39, 0.29) is 11.5 Å². The van der Waals surface area contributed by atoms with Crippen LogP contribution in [0, 0.1) is 18.2 Å². The summed E-state index contributed by atoms with van der Waals surface area (Å²) in [6.07, 6.45) is 1.15. The molecule has 0 heterocycles. The quantitative estimate of drug-likeness (QED) is 0.196. The molecule has 27 heavy (non-hydrogen) atoms. The summed E-state index contributed by atoms with van der Waals surface area (Å²) in [5, 5.41) is 8.21. The minimum absolute atomic E-state index is 0.288. The van der Waals surface area contributed by atoms with Crippen LogP contribution in [0.1, 0.15) is 22.3 Å². The van der Waals surface area contributed by atoms with E-state index in [1.807, 2.05) is 12.1 Å². The lowest BCUT2D eigenvalue weighted by molar-refractivity contribution is 0.602. The van der Waals surface area contributed by atoms with E-state index in [1.54, 1.807) is 6.07 Å². The van der Waals surface area contributed by atoms with Gasteiger partial charge in [-0.15, -0.1) is 11.8 Å². The van der Waals surface area contributed by atoms with E-state index in [2.05, 4.69) is 53.2 Å². The van der Waals surface area contributed by atoms with Gasteiger partial charge in [0.1, 0.15) is 5.82 Å². The zero-order chi connectivity index (χ0) is 19.4. The highest BCUT2D eigenvalue weighted by Crippen LogP contribution is 2.31. The van der Waals surface area contributed by atoms with Gasteiger partial charge in [-0.25, -0.2) is 4.39 Å². The van der Waals surface area contributed by atoms with Gasteiger partial charge in [0.25, 0.3) is 0 Å². The maximum Gasteiger partial charge on any atom is 0.138 e. The number of alkyl halides is 1. The average molecular weight is 443 g/mol. The number of nitrogens with one attached hydrogen (secondary N) is 1. The largest absolute Gasteiger partial charge is 0.398 e. The Kier molecular flexibility index (Phi) is 6.34. The maximum atomic E-state index is 14.2. The second-order valence-corrected chi connectivity index (χ2v) is 7.85. The number of benzene rings is 3. The number of anilines is 1. The van der Waals surface area contributed by atoms with Gasteiger partial charge >= 0.3 is 0 Å². The van der Waals surface area contributed by atoms with E-state index < -0.39 is 0 Å². The van der Waals surface area contributed by atoms with E-state index in [4.69, 9.17) is 11.1 Å². The van der Waals surface area contributed by atoms with Crippen LogP contribution in [0.25, 0.3) is 11.1 Å². The molecule has 0 radical (unpaired) electrons. The summed E-state index contributed by atoms with van der Waals surface area (Å²) < 4.78 is 14.2. The molecule has 138 valence electrons. The van der Waals surface area contributed by atoms with Gasteiger partial charge in [0.2, 0.25) is 0 Å². The second-order valence-electron chi connectivity index (χ2n) is 6.27. The first-order valence-corrected chi connectivity index (χ1v) is 10.6. The van der Waals surface area contributed by atoms with E-state index in [1.165, 1.54) is 34.5 Å². The predicted octanol–water partition coefficient (Wildman–Crippen LogP) is 6.57. The average Bonchev–Trinajstić information content (AvgIpc) is 2.68. The molecule has 0 amide bonds. The lowest BCUT2D eigenvalue weighted by atomic mass is 9.96. The number of nitrogens with two attached hydrogens (primary N) is 1. The lowest BCUT2D eigenvalue weighted by Gasteiger charge is -2.12. The molecule has 0 aromatic heterocycles. The summed E-state index contributed by atoms with van der Waals surface area (Å²) in [5.74, 6) is 0.295. The maximum absolute atomic E-state index is 14.2. The Balaban J connectivity index is 1.84. The third kappa shape index (κ3) is 4.42. The number of thioether (sulfide) groups is 1. The van der Waals surface area contributed by atoms with Crippen molar-refractivity contribution in [1.82, 2.24) is 0 Å². The summed E-state index contributed by atoms with van der Waals surface area (Å²) in [6.45, 7) is 2.13. The molecule has 0 atom stereocenters. The molecular formula is C22H20BrFN2S. The zero-order valence-electron chi connectivity index (χ0n) is 14.9. The third-order valence-corrected chi connectivity index (χ3v) is 6.22. The van der Waals surface area contributed by atoms with Crippen LogP contribution in [0.5, 0.6) is 0 Å². The van der Waals surface area contributed by atoms with E-state index in [9.17, 15) is 4.39 Å². The number of hydrogen-bond acceptors (Lipinski definition) is 3. The van der Waals surface area contributed by atoms with Crippen LogP contribution in [-0.4, -0.2) is 6.21 Å². The minimum Gasteiger partial charge on any atom is -0.398 e. The molecule has 0 spiro atoms. The Hall–Kier alpha value is -2.11. The summed E-state index contributed by atoms with van der Waals surface area (Å²) in [7, 11) is 0. The fourth-order valence-corrected chi connectivity index (χ4v) is 4.47. The highest BCUT2D eigenvalue weighted by Gasteiger charge is 2.09. The molecule has 0 unspecified atom stereocenters. The van der Waals surface area contributed by atoms with Gasteiger partial charge in [0.05, 0.1) is 0 Å². The first kappa shape index (κ1) is 19.6. The van der Waals surface area contributed by atoms with Crippen molar-refractivity contribution < 1.29 is 4.39 Å². The summed E-state index contributed by atoms with van der Waals surface area (Å²) in [5.41, 5.74) is 12.6. The molecule has 2 nitrogen and oxygen atoms in total. The van der Waals surface area contributed by atoms with Gasteiger partial charge in [0.15, 0.2) is 0 Å². The van der Waals surface area contributed by atoms with Crippen LogP contribution in [0.2, 0.25) is 0 Å². The number of rotatable bonds is 6. The highest BCUT2D eigenvalue weighted by atomic mass is 79.9. The van der Waals surface area contributed by atoms with Crippen molar-refractivity contribution in [3.63, 3.8) is 0 Å². The molecule has 0 aliphatic carbocycles. The molecule has 3 aromatic rings. The Morgan fingerprint density at radius 2 is 1.93 bits per heavy atom. The molecule has 0 aliphatic heterocycles. The van der Waals surface area contributed by atoms with Gasteiger partial charge < -0.3 is 11.1 Å². The SMILES string of the molecule is Cc1c(CBr)cccc1-c1cccc(CSc2cc(C=N)c(N)cc2F)c1. The third-order valence-electron chi connectivity index (χ3n) is 4.52.